The molecule has 11 heavy (non-hydrogen) atoms. The molecular formula is C7H9BrN2O. The Balaban J connectivity index is 3.37. The molecule has 0 spiro atoms. The maximum absolute atomic E-state index is 11.2. The highest BCUT2D eigenvalue weighted by molar-refractivity contribution is 9.10. The van der Waals surface area contributed by atoms with Gasteiger partial charge in [-0.05, 0) is 22.4 Å². The highest BCUT2D eigenvalue weighted by Gasteiger charge is 2.03. The van der Waals surface area contributed by atoms with Crippen LogP contribution in [0.4, 0.5) is 0 Å². The minimum absolute atomic E-state index is 0.0307. The Kier molecular flexibility index (Phi) is 2.44. The van der Waals surface area contributed by atoms with E-state index in [1.54, 1.807) is 7.05 Å². The van der Waals surface area contributed by atoms with E-state index in [1.807, 2.05) is 6.92 Å². The van der Waals surface area contributed by atoms with Crippen molar-refractivity contribution in [2.45, 2.75) is 13.3 Å². The fourth-order valence-electron chi connectivity index (χ4n) is 0.790. The summed E-state index contributed by atoms with van der Waals surface area (Å²) in [4.78, 5) is 15.3. The van der Waals surface area contributed by atoms with E-state index in [4.69, 9.17) is 0 Å². The number of hydrogen-bond donors (Lipinski definition) is 0. The molecule has 0 aliphatic carbocycles. The lowest BCUT2D eigenvalue weighted by Gasteiger charge is -2.00. The van der Waals surface area contributed by atoms with Crippen molar-refractivity contribution in [3.8, 4) is 0 Å². The number of rotatable bonds is 1. The van der Waals surface area contributed by atoms with Crippen LogP contribution >= 0.6 is 15.9 Å². The Morgan fingerprint density at radius 2 is 2.36 bits per heavy atom. The third-order valence-corrected chi connectivity index (χ3v) is 2.28. The third-order valence-electron chi connectivity index (χ3n) is 1.48. The van der Waals surface area contributed by atoms with Crippen molar-refractivity contribution in [2.75, 3.05) is 0 Å². The molecule has 0 radical (unpaired) electrons. The minimum atomic E-state index is -0.0307. The van der Waals surface area contributed by atoms with Crippen LogP contribution in [0.2, 0.25) is 0 Å². The molecular weight excluding hydrogens is 208 g/mol. The number of aromatic nitrogens is 2. The van der Waals surface area contributed by atoms with E-state index >= 15 is 0 Å². The van der Waals surface area contributed by atoms with Gasteiger partial charge < -0.3 is 4.57 Å². The normalized spacial score (nSPS) is 10.1. The predicted octanol–water partition coefficient (Wildman–Crippen LogP) is 1.11. The summed E-state index contributed by atoms with van der Waals surface area (Å²) in [6.45, 7) is 1.96. The van der Waals surface area contributed by atoms with Crippen molar-refractivity contribution in [1.82, 2.24) is 9.55 Å². The highest BCUT2D eigenvalue weighted by Crippen LogP contribution is 2.07. The van der Waals surface area contributed by atoms with Crippen molar-refractivity contribution in [3.05, 3.63) is 26.8 Å². The largest absolute Gasteiger partial charge is 0.301 e. The van der Waals surface area contributed by atoms with E-state index in [1.165, 1.54) is 10.9 Å². The second kappa shape index (κ2) is 3.17. The van der Waals surface area contributed by atoms with Crippen molar-refractivity contribution in [2.24, 2.45) is 7.05 Å². The minimum Gasteiger partial charge on any atom is -0.301 e. The monoisotopic (exact) mass is 216 g/mol. The van der Waals surface area contributed by atoms with Gasteiger partial charge in [-0.15, -0.1) is 0 Å². The second-order valence-electron chi connectivity index (χ2n) is 2.27. The van der Waals surface area contributed by atoms with Gasteiger partial charge >= 0.3 is 0 Å². The zero-order valence-corrected chi connectivity index (χ0v) is 8.05. The first-order valence-corrected chi connectivity index (χ1v) is 4.16. The summed E-state index contributed by atoms with van der Waals surface area (Å²) in [5, 5.41) is 0. The standard InChI is InChI=1S/C7H9BrN2O/c1-3-5-6(8)7(11)10(2)4-9-5/h4H,3H2,1-2H3. The summed E-state index contributed by atoms with van der Waals surface area (Å²) < 4.78 is 2.02. The van der Waals surface area contributed by atoms with Crippen molar-refractivity contribution < 1.29 is 0 Å². The summed E-state index contributed by atoms with van der Waals surface area (Å²) in [6, 6.07) is 0. The van der Waals surface area contributed by atoms with Gasteiger partial charge in [0.15, 0.2) is 0 Å². The van der Waals surface area contributed by atoms with Gasteiger partial charge in [0.2, 0.25) is 0 Å². The highest BCUT2D eigenvalue weighted by atomic mass is 79.9. The quantitative estimate of drug-likeness (QED) is 0.706. The Morgan fingerprint density at radius 3 is 2.91 bits per heavy atom. The first kappa shape index (κ1) is 8.46. The molecule has 0 bridgehead atoms. The summed E-state index contributed by atoms with van der Waals surface area (Å²) in [7, 11) is 1.68. The van der Waals surface area contributed by atoms with Gasteiger partial charge in [-0.25, -0.2) is 4.98 Å². The maximum Gasteiger partial charge on any atom is 0.267 e. The molecule has 1 rings (SSSR count). The van der Waals surface area contributed by atoms with Gasteiger partial charge in [0.1, 0.15) is 4.47 Å². The van der Waals surface area contributed by atoms with E-state index in [9.17, 15) is 4.79 Å². The molecule has 60 valence electrons. The van der Waals surface area contributed by atoms with Gasteiger partial charge in [0.05, 0.1) is 12.0 Å². The third kappa shape index (κ3) is 1.50. The molecule has 0 aromatic carbocycles. The molecule has 1 heterocycles. The zero-order chi connectivity index (χ0) is 8.43. The average Bonchev–Trinajstić information content (AvgIpc) is 2.01. The van der Waals surface area contributed by atoms with Crippen LogP contribution < -0.4 is 5.56 Å². The van der Waals surface area contributed by atoms with Crippen LogP contribution in [0.25, 0.3) is 0 Å². The molecule has 4 heteroatoms. The SMILES string of the molecule is CCc1ncn(C)c(=O)c1Br. The lowest BCUT2D eigenvalue weighted by molar-refractivity contribution is 0.792. The molecule has 0 aliphatic rings. The Labute approximate surface area is 73.2 Å². The molecule has 0 saturated heterocycles. The van der Waals surface area contributed by atoms with E-state index in [2.05, 4.69) is 20.9 Å². The second-order valence-corrected chi connectivity index (χ2v) is 3.07. The van der Waals surface area contributed by atoms with E-state index in [-0.39, 0.29) is 5.56 Å². The van der Waals surface area contributed by atoms with Crippen LogP contribution in [0.3, 0.4) is 0 Å². The molecule has 0 N–H and O–H groups in total. The van der Waals surface area contributed by atoms with Crippen LogP contribution in [0.15, 0.2) is 15.6 Å². The van der Waals surface area contributed by atoms with E-state index < -0.39 is 0 Å². The van der Waals surface area contributed by atoms with Gasteiger partial charge in [-0.1, -0.05) is 6.92 Å². The molecule has 0 aliphatic heterocycles. The summed E-state index contributed by atoms with van der Waals surface area (Å²) in [5.74, 6) is 0. The number of hydrogen-bond acceptors (Lipinski definition) is 2. The van der Waals surface area contributed by atoms with Crippen LogP contribution in [0, 0.1) is 0 Å². The lowest BCUT2D eigenvalue weighted by Crippen LogP contribution is -2.19. The van der Waals surface area contributed by atoms with Crippen molar-refractivity contribution in [3.63, 3.8) is 0 Å². The fraction of sp³-hybridized carbons (Fsp3) is 0.429. The van der Waals surface area contributed by atoms with Crippen molar-refractivity contribution >= 4 is 15.9 Å². The molecule has 0 fully saturated rings. The summed E-state index contributed by atoms with van der Waals surface area (Å²) in [6.07, 6.45) is 2.31. The van der Waals surface area contributed by atoms with E-state index in [0.29, 0.717) is 4.47 Å². The zero-order valence-electron chi connectivity index (χ0n) is 6.47. The molecule has 0 unspecified atom stereocenters. The first-order chi connectivity index (χ1) is 5.16. The van der Waals surface area contributed by atoms with Crippen LogP contribution in [0.1, 0.15) is 12.6 Å². The molecule has 0 atom stereocenters. The number of halogens is 1. The van der Waals surface area contributed by atoms with Gasteiger partial charge in [-0.2, -0.15) is 0 Å². The van der Waals surface area contributed by atoms with Gasteiger partial charge in [0.25, 0.3) is 5.56 Å². The van der Waals surface area contributed by atoms with Gasteiger partial charge in [-0.3, -0.25) is 4.79 Å². The Morgan fingerprint density at radius 1 is 1.73 bits per heavy atom. The molecule has 1 aromatic heterocycles. The molecule has 0 amide bonds. The van der Waals surface area contributed by atoms with Crippen LogP contribution in [-0.4, -0.2) is 9.55 Å². The van der Waals surface area contributed by atoms with Gasteiger partial charge in [0, 0.05) is 7.05 Å². The van der Waals surface area contributed by atoms with Crippen LogP contribution in [0.5, 0.6) is 0 Å². The maximum atomic E-state index is 11.2. The lowest BCUT2D eigenvalue weighted by atomic mass is 10.3. The molecule has 0 saturated carbocycles. The topological polar surface area (TPSA) is 34.9 Å². The Bertz CT molecular complexity index is 319. The molecule has 3 nitrogen and oxygen atoms in total. The summed E-state index contributed by atoms with van der Waals surface area (Å²) in [5.41, 5.74) is 0.782. The van der Waals surface area contributed by atoms with Crippen molar-refractivity contribution in [1.29, 1.82) is 0 Å². The smallest absolute Gasteiger partial charge is 0.267 e. The van der Waals surface area contributed by atoms with E-state index in [0.717, 1.165) is 12.1 Å². The fourth-order valence-corrected chi connectivity index (χ4v) is 1.45. The molecule has 1 aromatic rings. The predicted molar refractivity (Wildman–Crippen MR) is 46.6 cm³/mol. The first-order valence-electron chi connectivity index (χ1n) is 3.36. The Hall–Kier alpha value is -0.640. The summed E-state index contributed by atoms with van der Waals surface area (Å²) >= 11 is 3.20. The van der Waals surface area contributed by atoms with Crippen LogP contribution in [-0.2, 0) is 13.5 Å². The number of nitrogens with zero attached hydrogens (tertiary/aromatic N) is 2. The average molecular weight is 217 g/mol. The number of aryl methyl sites for hydroxylation is 2.